The number of carbonyl (C=O) groups is 1. The summed E-state index contributed by atoms with van der Waals surface area (Å²) in [6, 6.07) is 5.49. The van der Waals surface area contributed by atoms with Crippen LogP contribution in [-0.2, 0) is 22.1 Å². The summed E-state index contributed by atoms with van der Waals surface area (Å²) in [7, 11) is 0. The van der Waals surface area contributed by atoms with E-state index in [0.29, 0.717) is 35.9 Å². The van der Waals surface area contributed by atoms with Crippen LogP contribution in [0.25, 0.3) is 16.0 Å². The van der Waals surface area contributed by atoms with Crippen LogP contribution in [0.3, 0.4) is 0 Å². The second kappa shape index (κ2) is 8.47. The number of thiazole rings is 1. The standard InChI is InChI=1S/C21H20F3N7O2S/c1-11-14(12(2)31-19(25-11)28-18(29-31)21(22,23)24)10-17(32)26-13-3-4-15-16(9-13)34-20(27-15)30-5-7-33-8-6-30/h3-4,9H,5-8,10H2,1-2H3,(H,26,32). The van der Waals surface area contributed by atoms with Gasteiger partial charge in [-0.15, -0.1) is 5.10 Å². The molecule has 0 spiro atoms. The highest BCUT2D eigenvalue weighted by molar-refractivity contribution is 7.22. The van der Waals surface area contributed by atoms with Gasteiger partial charge in [0.1, 0.15) is 0 Å². The monoisotopic (exact) mass is 491 g/mol. The zero-order valence-corrected chi connectivity index (χ0v) is 19.1. The van der Waals surface area contributed by atoms with Crippen LogP contribution in [0.15, 0.2) is 18.2 Å². The number of nitrogens with one attached hydrogen (secondary N) is 1. The molecule has 34 heavy (non-hydrogen) atoms. The summed E-state index contributed by atoms with van der Waals surface area (Å²) in [6.45, 7) is 6.14. The van der Waals surface area contributed by atoms with Crippen molar-refractivity contribution < 1.29 is 22.7 Å². The fourth-order valence-corrected chi connectivity index (χ4v) is 4.89. The number of benzene rings is 1. The van der Waals surface area contributed by atoms with E-state index in [0.717, 1.165) is 33.0 Å². The first-order chi connectivity index (χ1) is 16.2. The number of fused-ring (bicyclic) bond motifs is 2. The van der Waals surface area contributed by atoms with E-state index in [2.05, 4.69) is 30.3 Å². The number of alkyl halides is 3. The van der Waals surface area contributed by atoms with Crippen molar-refractivity contribution in [3.05, 3.63) is 41.0 Å². The van der Waals surface area contributed by atoms with Gasteiger partial charge in [0.05, 0.1) is 29.9 Å². The third kappa shape index (κ3) is 4.28. The van der Waals surface area contributed by atoms with Gasteiger partial charge in [-0.3, -0.25) is 4.79 Å². The van der Waals surface area contributed by atoms with Crippen LogP contribution in [0.5, 0.6) is 0 Å². The zero-order chi connectivity index (χ0) is 24.0. The maximum Gasteiger partial charge on any atom is 0.453 e. The van der Waals surface area contributed by atoms with Crippen LogP contribution in [0.4, 0.5) is 24.0 Å². The molecule has 5 rings (SSSR count). The Hall–Kier alpha value is -3.32. The molecule has 0 bridgehead atoms. The Morgan fingerprint density at radius 3 is 2.68 bits per heavy atom. The van der Waals surface area contributed by atoms with E-state index < -0.39 is 12.0 Å². The normalized spacial score (nSPS) is 14.8. The van der Waals surface area contributed by atoms with Crippen molar-refractivity contribution >= 4 is 44.1 Å². The number of ether oxygens (including phenoxy) is 1. The topological polar surface area (TPSA) is 97.5 Å². The van der Waals surface area contributed by atoms with Gasteiger partial charge in [-0.25, -0.2) is 14.5 Å². The van der Waals surface area contributed by atoms with Crippen LogP contribution in [0.2, 0.25) is 0 Å². The lowest BCUT2D eigenvalue weighted by molar-refractivity contribution is -0.144. The van der Waals surface area contributed by atoms with Crippen molar-refractivity contribution in [2.45, 2.75) is 26.4 Å². The molecule has 1 aromatic carbocycles. The molecule has 0 aliphatic carbocycles. The summed E-state index contributed by atoms with van der Waals surface area (Å²) in [5.41, 5.74) is 2.76. The average molecular weight is 491 g/mol. The van der Waals surface area contributed by atoms with E-state index in [9.17, 15) is 18.0 Å². The molecule has 3 aromatic heterocycles. The van der Waals surface area contributed by atoms with Crippen LogP contribution < -0.4 is 10.2 Å². The number of anilines is 2. The Bertz CT molecular complexity index is 1390. The highest BCUT2D eigenvalue weighted by atomic mass is 32.1. The van der Waals surface area contributed by atoms with Gasteiger partial charge >= 0.3 is 6.18 Å². The molecular formula is C21H20F3N7O2S. The van der Waals surface area contributed by atoms with Crippen molar-refractivity contribution in [2.24, 2.45) is 0 Å². The van der Waals surface area contributed by atoms with Crippen molar-refractivity contribution in [3.63, 3.8) is 0 Å². The quantitative estimate of drug-likeness (QED) is 0.467. The third-order valence-corrected chi connectivity index (χ3v) is 6.66. The molecule has 0 atom stereocenters. The van der Waals surface area contributed by atoms with E-state index >= 15 is 0 Å². The Morgan fingerprint density at radius 2 is 1.94 bits per heavy atom. The number of halogens is 3. The minimum absolute atomic E-state index is 0.0679. The molecule has 9 nitrogen and oxygen atoms in total. The summed E-state index contributed by atoms with van der Waals surface area (Å²) < 4.78 is 46.3. The Balaban J connectivity index is 1.35. The van der Waals surface area contributed by atoms with Crippen molar-refractivity contribution in [2.75, 3.05) is 36.5 Å². The van der Waals surface area contributed by atoms with Gasteiger partial charge in [-0.05, 0) is 32.0 Å². The number of aryl methyl sites for hydroxylation is 2. The predicted molar refractivity (Wildman–Crippen MR) is 120 cm³/mol. The molecule has 4 heterocycles. The third-order valence-electron chi connectivity index (χ3n) is 5.58. The molecule has 1 aliphatic heterocycles. The molecule has 1 amide bonds. The molecule has 4 aromatic rings. The number of carbonyl (C=O) groups excluding carboxylic acids is 1. The summed E-state index contributed by atoms with van der Waals surface area (Å²) in [5.74, 6) is -1.74. The van der Waals surface area contributed by atoms with Crippen molar-refractivity contribution in [3.8, 4) is 0 Å². The maximum absolute atomic E-state index is 13.0. The fourth-order valence-electron chi connectivity index (χ4n) is 3.83. The zero-order valence-electron chi connectivity index (χ0n) is 18.3. The second-order valence-electron chi connectivity index (χ2n) is 7.91. The fraction of sp³-hybridized carbons (Fsp3) is 0.381. The summed E-state index contributed by atoms with van der Waals surface area (Å²) in [5, 5.41) is 7.29. The van der Waals surface area contributed by atoms with Gasteiger partial charge in [0.25, 0.3) is 11.6 Å². The van der Waals surface area contributed by atoms with E-state index in [1.54, 1.807) is 31.3 Å². The molecule has 13 heteroatoms. The van der Waals surface area contributed by atoms with Crippen molar-refractivity contribution in [1.82, 2.24) is 24.6 Å². The Morgan fingerprint density at radius 1 is 1.18 bits per heavy atom. The van der Waals surface area contributed by atoms with Gasteiger partial charge in [0, 0.05) is 35.7 Å². The van der Waals surface area contributed by atoms with Crippen LogP contribution in [0, 0.1) is 13.8 Å². The Labute approximate surface area is 195 Å². The first-order valence-electron chi connectivity index (χ1n) is 10.5. The van der Waals surface area contributed by atoms with Gasteiger partial charge in [0.2, 0.25) is 5.91 Å². The smallest absolute Gasteiger partial charge is 0.378 e. The lowest BCUT2D eigenvalue weighted by atomic mass is 10.1. The molecule has 1 N–H and O–H groups in total. The first-order valence-corrected chi connectivity index (χ1v) is 11.3. The second-order valence-corrected chi connectivity index (χ2v) is 8.92. The Kier molecular flexibility index (Phi) is 5.60. The number of aromatic nitrogens is 5. The molecule has 178 valence electrons. The summed E-state index contributed by atoms with van der Waals surface area (Å²) in [6.07, 6.45) is -4.75. The van der Waals surface area contributed by atoms with Crippen LogP contribution in [-0.4, -0.2) is 56.8 Å². The van der Waals surface area contributed by atoms with E-state index in [1.807, 2.05) is 12.1 Å². The largest absolute Gasteiger partial charge is 0.453 e. The average Bonchev–Trinajstić information content (AvgIpc) is 3.41. The highest BCUT2D eigenvalue weighted by Gasteiger charge is 2.37. The SMILES string of the molecule is Cc1nc2nc(C(F)(F)F)nn2c(C)c1CC(=O)Nc1ccc2nc(N3CCOCC3)sc2c1. The van der Waals surface area contributed by atoms with Crippen LogP contribution >= 0.6 is 11.3 Å². The molecule has 0 unspecified atom stereocenters. The summed E-state index contributed by atoms with van der Waals surface area (Å²) >= 11 is 1.55. The maximum atomic E-state index is 13.0. The van der Waals surface area contributed by atoms with Crippen LogP contribution in [0.1, 0.15) is 22.8 Å². The number of hydrogen-bond donors (Lipinski definition) is 1. The molecule has 0 saturated carbocycles. The summed E-state index contributed by atoms with van der Waals surface area (Å²) in [4.78, 5) is 27.2. The first kappa shape index (κ1) is 22.5. The van der Waals surface area contributed by atoms with Crippen molar-refractivity contribution in [1.29, 1.82) is 0 Å². The minimum Gasteiger partial charge on any atom is -0.378 e. The molecular weight excluding hydrogens is 471 g/mol. The number of morpholine rings is 1. The lowest BCUT2D eigenvalue weighted by Gasteiger charge is -2.25. The molecule has 1 saturated heterocycles. The van der Waals surface area contributed by atoms with E-state index in [4.69, 9.17) is 4.74 Å². The van der Waals surface area contributed by atoms with Gasteiger partial charge < -0.3 is 15.0 Å². The van der Waals surface area contributed by atoms with Gasteiger partial charge in [-0.1, -0.05) is 11.3 Å². The lowest BCUT2D eigenvalue weighted by Crippen LogP contribution is -2.36. The van der Waals surface area contributed by atoms with E-state index in [1.165, 1.54) is 0 Å². The number of nitrogens with zero attached hydrogens (tertiary/aromatic N) is 6. The van der Waals surface area contributed by atoms with E-state index in [-0.39, 0.29) is 18.1 Å². The molecule has 1 aliphatic rings. The van der Waals surface area contributed by atoms with Gasteiger partial charge in [0.15, 0.2) is 5.13 Å². The van der Waals surface area contributed by atoms with Gasteiger partial charge in [-0.2, -0.15) is 18.2 Å². The number of amides is 1. The molecule has 1 fully saturated rings. The highest BCUT2D eigenvalue weighted by Crippen LogP contribution is 2.31. The number of rotatable bonds is 4. The number of hydrogen-bond acceptors (Lipinski definition) is 8. The minimum atomic E-state index is -4.68. The molecule has 0 radical (unpaired) electrons. The predicted octanol–water partition coefficient (Wildman–Crippen LogP) is 3.39.